The summed E-state index contributed by atoms with van der Waals surface area (Å²) in [5.41, 5.74) is 12.2. The van der Waals surface area contributed by atoms with E-state index in [-0.39, 0.29) is 10.9 Å². The van der Waals surface area contributed by atoms with Crippen molar-refractivity contribution >= 4 is 34.6 Å². The van der Waals surface area contributed by atoms with E-state index in [1.165, 1.54) is 25.2 Å². The molecule has 0 bridgehead atoms. The van der Waals surface area contributed by atoms with Gasteiger partial charge in [-0.05, 0) is 56.3 Å². The van der Waals surface area contributed by atoms with Crippen molar-refractivity contribution in [3.63, 3.8) is 0 Å². The van der Waals surface area contributed by atoms with Crippen molar-refractivity contribution in [1.29, 1.82) is 0 Å². The molecule has 1 heterocycles. The third kappa shape index (κ3) is 6.87. The number of piperidine rings is 1. The average Bonchev–Trinajstić information content (AvgIpc) is 2.74. The van der Waals surface area contributed by atoms with Gasteiger partial charge in [0.15, 0.2) is 0 Å². The Morgan fingerprint density at radius 3 is 2.34 bits per heavy atom. The number of alkyl halides is 1. The number of nitrogens with two attached hydrogens (primary N) is 2. The second kappa shape index (κ2) is 12.2. The van der Waals surface area contributed by atoms with E-state index in [0.29, 0.717) is 48.6 Å². The zero-order valence-electron chi connectivity index (χ0n) is 17.0. The van der Waals surface area contributed by atoms with Crippen LogP contribution in [0.1, 0.15) is 37.0 Å². The van der Waals surface area contributed by atoms with E-state index < -0.39 is 12.0 Å². The molecule has 1 saturated heterocycles. The zero-order chi connectivity index (χ0) is 22.0. The van der Waals surface area contributed by atoms with Crippen LogP contribution in [0, 0.1) is 5.82 Å². The summed E-state index contributed by atoms with van der Waals surface area (Å²) in [5.74, 6) is -0.939. The quantitative estimate of drug-likeness (QED) is 0.612. The van der Waals surface area contributed by atoms with Crippen LogP contribution in [-0.2, 0) is 0 Å². The molecule has 3 rings (SSSR count). The third-order valence-corrected chi connectivity index (χ3v) is 4.50. The smallest absolute Gasteiger partial charge is 0.257 e. The number of nitrogens with one attached hydrogen (secondary N) is 1. The molecule has 5 nitrogen and oxygen atoms in total. The molecule has 0 aromatic heterocycles. The molecule has 0 aliphatic carbocycles. The van der Waals surface area contributed by atoms with Crippen LogP contribution >= 0.6 is 11.6 Å². The van der Waals surface area contributed by atoms with E-state index in [0.717, 1.165) is 0 Å². The van der Waals surface area contributed by atoms with Crippen LogP contribution in [0.2, 0.25) is 5.02 Å². The number of rotatable bonds is 3. The molecule has 0 atom stereocenters. The number of amides is 1. The van der Waals surface area contributed by atoms with Gasteiger partial charge in [-0.2, -0.15) is 0 Å². The van der Waals surface area contributed by atoms with Gasteiger partial charge in [-0.3, -0.25) is 4.79 Å². The van der Waals surface area contributed by atoms with Crippen molar-refractivity contribution in [3.8, 4) is 0 Å². The van der Waals surface area contributed by atoms with Gasteiger partial charge in [0.25, 0.3) is 5.91 Å². The molecule has 0 saturated carbocycles. The maximum atomic E-state index is 13.4. The Balaban J connectivity index is 0.000000989. The van der Waals surface area contributed by atoms with Gasteiger partial charge in [0.1, 0.15) is 12.0 Å². The Bertz CT molecular complexity index is 796. The minimum atomic E-state index is -0.802. The number of carbonyl (C=O) groups excluding carboxylic acids is 1. The van der Waals surface area contributed by atoms with E-state index in [2.05, 4.69) is 11.1 Å². The lowest BCUT2D eigenvalue weighted by Crippen LogP contribution is -2.35. The molecule has 0 spiro atoms. The van der Waals surface area contributed by atoms with Crippen molar-refractivity contribution in [2.45, 2.75) is 32.9 Å². The van der Waals surface area contributed by atoms with Gasteiger partial charge in [-0.15, -0.1) is 0 Å². The van der Waals surface area contributed by atoms with Gasteiger partial charge in [0.05, 0.1) is 10.6 Å². The van der Waals surface area contributed by atoms with Crippen LogP contribution in [0.15, 0.2) is 36.4 Å². The summed E-state index contributed by atoms with van der Waals surface area (Å²) < 4.78 is 26.6. The molecule has 1 amide bonds. The van der Waals surface area contributed by atoms with E-state index in [1.807, 2.05) is 18.7 Å². The highest BCUT2D eigenvalue weighted by Gasteiger charge is 2.23. The number of benzene rings is 2. The van der Waals surface area contributed by atoms with Gasteiger partial charge >= 0.3 is 0 Å². The molecule has 5 N–H and O–H groups in total. The first-order valence-electron chi connectivity index (χ1n) is 9.56. The van der Waals surface area contributed by atoms with Crippen LogP contribution in [0.4, 0.5) is 25.8 Å². The summed E-state index contributed by atoms with van der Waals surface area (Å²) in [6, 6.07) is 9.01. The number of halogens is 3. The van der Waals surface area contributed by atoms with Crippen LogP contribution < -0.4 is 21.7 Å². The SMILES string of the molecule is CC.CN.Nc1ccc(N2CCC(F)CC2)c(C(=O)Nc2ccc(F)c(Cl)c2)c1. The number of nitrogen functional groups attached to an aromatic ring is 1. The van der Waals surface area contributed by atoms with Crippen LogP contribution in [0.3, 0.4) is 0 Å². The summed E-state index contributed by atoms with van der Waals surface area (Å²) in [6.07, 6.45) is 0.0570. The number of hydrogen-bond acceptors (Lipinski definition) is 4. The fourth-order valence-electron chi connectivity index (χ4n) is 2.87. The van der Waals surface area contributed by atoms with Crippen molar-refractivity contribution in [1.82, 2.24) is 0 Å². The van der Waals surface area contributed by atoms with Gasteiger partial charge in [-0.25, -0.2) is 8.78 Å². The van der Waals surface area contributed by atoms with Gasteiger partial charge in [-0.1, -0.05) is 25.4 Å². The molecule has 1 fully saturated rings. The summed E-state index contributed by atoms with van der Waals surface area (Å²) in [5, 5.41) is 2.62. The van der Waals surface area contributed by atoms with Crippen LogP contribution in [-0.4, -0.2) is 32.2 Å². The lowest BCUT2D eigenvalue weighted by Gasteiger charge is -2.32. The molecule has 0 radical (unpaired) electrons. The molecule has 0 unspecified atom stereocenters. The van der Waals surface area contributed by atoms with Crippen molar-refractivity contribution < 1.29 is 13.6 Å². The second-order valence-corrected chi connectivity index (χ2v) is 6.43. The lowest BCUT2D eigenvalue weighted by molar-refractivity contribution is 0.102. The highest BCUT2D eigenvalue weighted by atomic mass is 35.5. The molecular formula is C21H29ClF2N4O. The fourth-order valence-corrected chi connectivity index (χ4v) is 3.05. The fraction of sp³-hybridized carbons (Fsp3) is 0.381. The number of carbonyl (C=O) groups is 1. The van der Waals surface area contributed by atoms with Gasteiger partial charge in [0.2, 0.25) is 0 Å². The first-order valence-corrected chi connectivity index (χ1v) is 9.94. The molecule has 29 heavy (non-hydrogen) atoms. The normalized spacial score (nSPS) is 13.6. The van der Waals surface area contributed by atoms with E-state index in [1.54, 1.807) is 18.2 Å². The minimum Gasteiger partial charge on any atom is -0.399 e. The summed E-state index contributed by atoms with van der Waals surface area (Å²) >= 11 is 5.75. The Morgan fingerprint density at radius 1 is 1.14 bits per heavy atom. The number of anilines is 3. The first-order chi connectivity index (χ1) is 13.9. The molecular weight excluding hydrogens is 398 g/mol. The van der Waals surface area contributed by atoms with Crippen LogP contribution in [0.5, 0.6) is 0 Å². The largest absolute Gasteiger partial charge is 0.399 e. The lowest BCUT2D eigenvalue weighted by atomic mass is 10.0. The van der Waals surface area contributed by atoms with Crippen molar-refractivity contribution in [3.05, 3.63) is 52.8 Å². The summed E-state index contributed by atoms with van der Waals surface area (Å²) in [4.78, 5) is 14.7. The van der Waals surface area contributed by atoms with Crippen LogP contribution in [0.25, 0.3) is 0 Å². The van der Waals surface area contributed by atoms with Gasteiger partial charge in [0, 0.05) is 30.2 Å². The molecule has 1 aliphatic rings. The molecule has 8 heteroatoms. The summed E-state index contributed by atoms with van der Waals surface area (Å²) in [7, 11) is 1.50. The number of hydrogen-bond donors (Lipinski definition) is 3. The molecule has 160 valence electrons. The topological polar surface area (TPSA) is 84.4 Å². The second-order valence-electron chi connectivity index (χ2n) is 6.02. The highest BCUT2D eigenvalue weighted by Crippen LogP contribution is 2.28. The molecule has 2 aromatic rings. The third-order valence-electron chi connectivity index (χ3n) is 4.21. The maximum Gasteiger partial charge on any atom is 0.257 e. The predicted octanol–water partition coefficient (Wildman–Crippen LogP) is 4.85. The van der Waals surface area contributed by atoms with E-state index in [4.69, 9.17) is 17.3 Å². The Hall–Kier alpha value is -2.38. The summed E-state index contributed by atoms with van der Waals surface area (Å²) in [6.45, 7) is 5.07. The Kier molecular flexibility index (Phi) is 10.4. The maximum absolute atomic E-state index is 13.4. The van der Waals surface area contributed by atoms with E-state index >= 15 is 0 Å². The van der Waals surface area contributed by atoms with Crippen molar-refractivity contribution in [2.24, 2.45) is 5.73 Å². The Morgan fingerprint density at radius 2 is 1.76 bits per heavy atom. The standard InChI is InChI=1S/C18H18ClF2N3O.C2H6.CH5N/c19-15-10-13(2-3-16(15)21)23-18(25)14-9-12(22)1-4-17(14)24-7-5-11(20)6-8-24;2*1-2/h1-4,9-11H,5-8,22H2,(H,23,25);1-2H3;2H2,1H3. The Labute approximate surface area is 176 Å². The average molecular weight is 427 g/mol. The zero-order valence-corrected chi connectivity index (χ0v) is 17.8. The van der Waals surface area contributed by atoms with E-state index in [9.17, 15) is 13.6 Å². The predicted molar refractivity (Wildman–Crippen MR) is 118 cm³/mol. The monoisotopic (exact) mass is 426 g/mol. The first kappa shape index (κ1) is 24.7. The van der Waals surface area contributed by atoms with Gasteiger partial charge < -0.3 is 21.7 Å². The minimum absolute atomic E-state index is 0.0735. The molecule has 1 aliphatic heterocycles. The number of nitrogens with zero attached hydrogens (tertiary/aromatic N) is 1. The highest BCUT2D eigenvalue weighted by molar-refractivity contribution is 6.31. The molecule has 2 aromatic carbocycles. The van der Waals surface area contributed by atoms with Crippen molar-refractivity contribution in [2.75, 3.05) is 36.1 Å².